The molecule has 0 bridgehead atoms. The molecule has 106 valence electrons. The molecular formula is C13H19NO4S. The van der Waals surface area contributed by atoms with Crippen LogP contribution in [0.5, 0.6) is 0 Å². The van der Waals surface area contributed by atoms with Crippen molar-refractivity contribution in [1.29, 1.82) is 0 Å². The second kappa shape index (κ2) is 6.56. The predicted octanol–water partition coefficient (Wildman–Crippen LogP) is 2.15. The second-order valence-corrected chi connectivity index (χ2v) is 6.47. The lowest BCUT2D eigenvalue weighted by atomic mass is 10.1. The Bertz CT molecular complexity index is 539. The molecule has 0 aliphatic carbocycles. The van der Waals surface area contributed by atoms with E-state index >= 15 is 0 Å². The minimum Gasteiger partial charge on any atom is -0.480 e. The van der Waals surface area contributed by atoms with Crippen molar-refractivity contribution in [2.45, 2.75) is 37.6 Å². The number of carboxylic acids is 1. The lowest BCUT2D eigenvalue weighted by molar-refractivity contribution is -0.138. The van der Waals surface area contributed by atoms with Crippen LogP contribution in [0.1, 0.15) is 26.7 Å². The molecule has 0 saturated carbocycles. The van der Waals surface area contributed by atoms with E-state index in [2.05, 4.69) is 5.32 Å². The molecule has 0 aromatic heterocycles. The van der Waals surface area contributed by atoms with Crippen LogP contribution in [0.15, 0.2) is 29.2 Å². The first kappa shape index (κ1) is 15.5. The van der Waals surface area contributed by atoms with E-state index in [0.29, 0.717) is 18.5 Å². The van der Waals surface area contributed by atoms with E-state index in [1.54, 1.807) is 25.1 Å². The number of hydrogen-bond donors (Lipinski definition) is 2. The first-order valence-corrected chi connectivity index (χ1v) is 7.88. The number of carbonyl (C=O) groups is 1. The van der Waals surface area contributed by atoms with Crippen molar-refractivity contribution >= 4 is 21.5 Å². The Morgan fingerprint density at radius 3 is 2.47 bits per heavy atom. The Kier molecular flexibility index (Phi) is 5.35. The fourth-order valence-electron chi connectivity index (χ4n) is 1.75. The molecule has 0 saturated heterocycles. The van der Waals surface area contributed by atoms with Crippen molar-refractivity contribution in [1.82, 2.24) is 0 Å². The molecule has 1 aromatic rings. The van der Waals surface area contributed by atoms with Crippen LogP contribution in [0.25, 0.3) is 0 Å². The Labute approximate surface area is 113 Å². The average Bonchev–Trinajstić information content (AvgIpc) is 2.38. The summed E-state index contributed by atoms with van der Waals surface area (Å²) in [7, 11) is -3.37. The Morgan fingerprint density at radius 1 is 1.32 bits per heavy atom. The molecule has 0 radical (unpaired) electrons. The van der Waals surface area contributed by atoms with Crippen LogP contribution in [-0.4, -0.2) is 31.3 Å². The lowest BCUT2D eigenvalue weighted by Gasteiger charge is -2.17. The number of sulfone groups is 1. The highest BCUT2D eigenvalue weighted by molar-refractivity contribution is 7.91. The first-order chi connectivity index (χ1) is 8.92. The number of aliphatic carboxylic acids is 1. The molecule has 1 aromatic carbocycles. The van der Waals surface area contributed by atoms with E-state index in [1.165, 1.54) is 6.07 Å². The monoisotopic (exact) mass is 285 g/mol. The zero-order valence-electron chi connectivity index (χ0n) is 11.1. The maximum Gasteiger partial charge on any atom is 0.326 e. The third kappa shape index (κ3) is 3.96. The van der Waals surface area contributed by atoms with Gasteiger partial charge in [-0.25, -0.2) is 13.2 Å². The third-order valence-corrected chi connectivity index (χ3v) is 4.59. The minimum absolute atomic E-state index is 0.0167. The van der Waals surface area contributed by atoms with E-state index in [4.69, 9.17) is 5.11 Å². The number of benzene rings is 1. The van der Waals surface area contributed by atoms with Gasteiger partial charge in [-0.1, -0.05) is 32.4 Å². The second-order valence-electron chi connectivity index (χ2n) is 4.22. The van der Waals surface area contributed by atoms with Gasteiger partial charge in [-0.3, -0.25) is 0 Å². The molecule has 0 aliphatic rings. The number of carboxylic acid groups (broad SMARTS) is 1. The fraction of sp³-hybridized carbons (Fsp3) is 0.462. The summed E-state index contributed by atoms with van der Waals surface area (Å²) in [6.07, 6.45) is 1.14. The van der Waals surface area contributed by atoms with Crippen molar-refractivity contribution in [3.8, 4) is 0 Å². The average molecular weight is 285 g/mol. The van der Waals surface area contributed by atoms with Crippen LogP contribution in [0.3, 0.4) is 0 Å². The van der Waals surface area contributed by atoms with Crippen LogP contribution in [0, 0.1) is 0 Å². The van der Waals surface area contributed by atoms with E-state index in [0.717, 1.165) is 0 Å². The maximum absolute atomic E-state index is 11.9. The summed E-state index contributed by atoms with van der Waals surface area (Å²) in [6, 6.07) is 5.61. The standard InChI is InChI=1S/C13H19NO4S/c1-3-7-11(13(15)16)14-10-8-5-6-9-12(10)19(17,18)4-2/h5-6,8-9,11,14H,3-4,7H2,1-2H3,(H,15,16). The summed E-state index contributed by atoms with van der Waals surface area (Å²) in [6.45, 7) is 3.44. The van der Waals surface area contributed by atoms with E-state index < -0.39 is 21.8 Å². The molecular weight excluding hydrogens is 266 g/mol. The van der Waals surface area contributed by atoms with Crippen molar-refractivity contribution in [2.75, 3.05) is 11.1 Å². The summed E-state index contributed by atoms with van der Waals surface area (Å²) >= 11 is 0. The smallest absolute Gasteiger partial charge is 0.326 e. The van der Waals surface area contributed by atoms with Gasteiger partial charge in [-0.05, 0) is 18.6 Å². The molecule has 2 N–H and O–H groups in total. The third-order valence-electron chi connectivity index (χ3n) is 2.81. The van der Waals surface area contributed by atoms with Crippen LogP contribution < -0.4 is 5.32 Å². The molecule has 6 heteroatoms. The lowest BCUT2D eigenvalue weighted by Crippen LogP contribution is -2.29. The van der Waals surface area contributed by atoms with Gasteiger partial charge in [0, 0.05) is 0 Å². The van der Waals surface area contributed by atoms with Gasteiger partial charge >= 0.3 is 5.97 Å². The fourth-order valence-corrected chi connectivity index (χ4v) is 2.81. The van der Waals surface area contributed by atoms with Gasteiger partial charge in [-0.15, -0.1) is 0 Å². The Morgan fingerprint density at radius 2 is 1.95 bits per heavy atom. The van der Waals surface area contributed by atoms with Gasteiger partial charge in [0.05, 0.1) is 16.3 Å². The van der Waals surface area contributed by atoms with Gasteiger partial charge in [0.25, 0.3) is 0 Å². The number of hydrogen-bond acceptors (Lipinski definition) is 4. The SMILES string of the molecule is CCCC(Nc1ccccc1S(=O)(=O)CC)C(=O)O. The Hall–Kier alpha value is -1.56. The molecule has 19 heavy (non-hydrogen) atoms. The molecule has 1 atom stereocenters. The quantitative estimate of drug-likeness (QED) is 0.802. The number of rotatable bonds is 7. The van der Waals surface area contributed by atoms with Gasteiger partial charge in [-0.2, -0.15) is 0 Å². The maximum atomic E-state index is 11.9. The van der Waals surface area contributed by atoms with Crippen molar-refractivity contribution in [3.05, 3.63) is 24.3 Å². The number of anilines is 1. The highest BCUT2D eigenvalue weighted by atomic mass is 32.2. The molecule has 0 spiro atoms. The Balaban J connectivity index is 3.11. The largest absolute Gasteiger partial charge is 0.480 e. The van der Waals surface area contributed by atoms with Crippen LogP contribution >= 0.6 is 0 Å². The van der Waals surface area contributed by atoms with Crippen LogP contribution in [0.4, 0.5) is 5.69 Å². The van der Waals surface area contributed by atoms with E-state index in [-0.39, 0.29) is 10.6 Å². The van der Waals surface area contributed by atoms with Crippen molar-refractivity contribution in [3.63, 3.8) is 0 Å². The summed E-state index contributed by atoms with van der Waals surface area (Å²) in [5.41, 5.74) is 0.352. The highest BCUT2D eigenvalue weighted by Crippen LogP contribution is 2.23. The van der Waals surface area contributed by atoms with Crippen LogP contribution in [0.2, 0.25) is 0 Å². The number of nitrogens with one attached hydrogen (secondary N) is 1. The van der Waals surface area contributed by atoms with Crippen molar-refractivity contribution in [2.24, 2.45) is 0 Å². The summed E-state index contributed by atoms with van der Waals surface area (Å²) in [5.74, 6) is -0.998. The van der Waals surface area contributed by atoms with Gasteiger partial charge in [0.2, 0.25) is 0 Å². The van der Waals surface area contributed by atoms with Crippen LogP contribution in [-0.2, 0) is 14.6 Å². The molecule has 1 rings (SSSR count). The highest BCUT2D eigenvalue weighted by Gasteiger charge is 2.21. The summed E-state index contributed by atoms with van der Waals surface area (Å²) in [4.78, 5) is 11.3. The minimum atomic E-state index is -3.37. The predicted molar refractivity (Wildman–Crippen MR) is 74.1 cm³/mol. The zero-order chi connectivity index (χ0) is 14.5. The van der Waals surface area contributed by atoms with Gasteiger partial charge in [0.15, 0.2) is 9.84 Å². The molecule has 0 amide bonds. The van der Waals surface area contributed by atoms with Crippen molar-refractivity contribution < 1.29 is 18.3 Å². The van der Waals surface area contributed by atoms with E-state index in [9.17, 15) is 13.2 Å². The molecule has 1 unspecified atom stereocenters. The molecule has 0 aliphatic heterocycles. The van der Waals surface area contributed by atoms with Gasteiger partial charge < -0.3 is 10.4 Å². The zero-order valence-corrected chi connectivity index (χ0v) is 11.9. The summed E-state index contributed by atoms with van der Waals surface area (Å²) < 4.78 is 23.9. The topological polar surface area (TPSA) is 83.5 Å². The van der Waals surface area contributed by atoms with Gasteiger partial charge in [0.1, 0.15) is 6.04 Å². The molecule has 0 heterocycles. The number of para-hydroxylation sites is 1. The first-order valence-electron chi connectivity index (χ1n) is 6.23. The molecule has 5 nitrogen and oxygen atoms in total. The van der Waals surface area contributed by atoms with E-state index in [1.807, 2.05) is 6.92 Å². The molecule has 0 fully saturated rings. The summed E-state index contributed by atoms with van der Waals surface area (Å²) in [5, 5.41) is 11.9. The normalized spacial score (nSPS) is 12.9.